The van der Waals surface area contributed by atoms with E-state index in [0.717, 1.165) is 31.7 Å². The Morgan fingerprint density at radius 3 is 2.58 bits per heavy atom. The van der Waals surface area contributed by atoms with E-state index in [1.54, 1.807) is 21.6 Å². The van der Waals surface area contributed by atoms with E-state index in [0.29, 0.717) is 38.7 Å². The molecule has 0 spiro atoms. The van der Waals surface area contributed by atoms with Gasteiger partial charge in [0.05, 0.1) is 10.5 Å². The average Bonchev–Trinajstić information content (AvgIpc) is 2.98. The van der Waals surface area contributed by atoms with Gasteiger partial charge in [-0.1, -0.05) is 43.9 Å². The lowest BCUT2D eigenvalue weighted by Gasteiger charge is -2.34. The molecule has 2 aliphatic heterocycles. The van der Waals surface area contributed by atoms with Gasteiger partial charge in [0.1, 0.15) is 15.8 Å². The zero-order valence-electron chi connectivity index (χ0n) is 18.3. The molecule has 0 N–H and O–H groups in total. The van der Waals surface area contributed by atoms with Crippen LogP contribution in [0.15, 0.2) is 28.0 Å². The number of thioether (sulfide) groups is 1. The fourth-order valence-electron chi connectivity index (χ4n) is 3.79. The van der Waals surface area contributed by atoms with Gasteiger partial charge in [0.2, 0.25) is 0 Å². The lowest BCUT2D eigenvalue weighted by Crippen LogP contribution is -2.45. The molecule has 164 valence electrons. The summed E-state index contributed by atoms with van der Waals surface area (Å²) in [7, 11) is 2.09. The maximum Gasteiger partial charge on any atom is 0.267 e. The first-order chi connectivity index (χ1) is 14.7. The van der Waals surface area contributed by atoms with Crippen molar-refractivity contribution in [2.24, 2.45) is 5.92 Å². The first-order valence-corrected chi connectivity index (χ1v) is 11.7. The van der Waals surface area contributed by atoms with Crippen molar-refractivity contribution in [3.8, 4) is 0 Å². The number of nitrogens with zero attached hydrogens (tertiary/aromatic N) is 5. The Kier molecular flexibility index (Phi) is 6.18. The molecule has 9 heteroatoms. The summed E-state index contributed by atoms with van der Waals surface area (Å²) in [5.41, 5.74) is 1.85. The number of carbonyl (C=O) groups excluding carboxylic acids is 1. The fourth-order valence-corrected chi connectivity index (χ4v) is 5.04. The summed E-state index contributed by atoms with van der Waals surface area (Å²) in [4.78, 5) is 37.9. The van der Waals surface area contributed by atoms with Gasteiger partial charge in [-0.15, -0.1) is 0 Å². The third-order valence-corrected chi connectivity index (χ3v) is 6.86. The van der Waals surface area contributed by atoms with Crippen LogP contribution in [0.4, 0.5) is 5.82 Å². The van der Waals surface area contributed by atoms with Gasteiger partial charge in [-0.2, -0.15) is 0 Å². The summed E-state index contributed by atoms with van der Waals surface area (Å²) in [6, 6.07) is 3.81. The molecular formula is C22H27N5O2S2. The Hall–Kier alpha value is -2.23. The number of anilines is 1. The van der Waals surface area contributed by atoms with Crippen molar-refractivity contribution in [2.45, 2.75) is 20.8 Å². The van der Waals surface area contributed by atoms with Crippen LogP contribution in [-0.4, -0.2) is 69.2 Å². The van der Waals surface area contributed by atoms with E-state index in [1.165, 1.54) is 11.8 Å². The summed E-state index contributed by atoms with van der Waals surface area (Å²) in [6.07, 6.45) is 3.48. The number of rotatable bonds is 4. The van der Waals surface area contributed by atoms with Crippen LogP contribution >= 0.6 is 24.0 Å². The summed E-state index contributed by atoms with van der Waals surface area (Å²) >= 11 is 6.70. The molecule has 2 aromatic rings. The Morgan fingerprint density at radius 2 is 1.90 bits per heavy atom. The third-order valence-electron chi connectivity index (χ3n) is 5.48. The van der Waals surface area contributed by atoms with Crippen molar-refractivity contribution in [1.29, 1.82) is 0 Å². The van der Waals surface area contributed by atoms with E-state index in [1.807, 2.05) is 19.1 Å². The van der Waals surface area contributed by atoms with Crippen molar-refractivity contribution < 1.29 is 4.79 Å². The largest absolute Gasteiger partial charge is 0.353 e. The smallest absolute Gasteiger partial charge is 0.267 e. The first-order valence-electron chi connectivity index (χ1n) is 10.5. The number of amides is 1. The second-order valence-corrected chi connectivity index (χ2v) is 10.2. The highest BCUT2D eigenvalue weighted by molar-refractivity contribution is 8.26. The summed E-state index contributed by atoms with van der Waals surface area (Å²) in [5, 5.41) is 0. The molecule has 0 radical (unpaired) electrons. The van der Waals surface area contributed by atoms with Crippen LogP contribution < -0.4 is 10.5 Å². The minimum atomic E-state index is -0.170. The molecule has 7 nitrogen and oxygen atoms in total. The van der Waals surface area contributed by atoms with Gasteiger partial charge in [0.25, 0.3) is 11.5 Å². The molecule has 0 atom stereocenters. The number of carbonyl (C=O) groups is 1. The van der Waals surface area contributed by atoms with Crippen LogP contribution in [-0.2, 0) is 4.79 Å². The Labute approximate surface area is 191 Å². The molecule has 0 aliphatic carbocycles. The number of thiocarbonyl (C=S) groups is 1. The summed E-state index contributed by atoms with van der Waals surface area (Å²) in [5.74, 6) is 0.802. The predicted octanol–water partition coefficient (Wildman–Crippen LogP) is 2.61. The van der Waals surface area contributed by atoms with Crippen LogP contribution in [0.5, 0.6) is 0 Å². The molecule has 1 amide bonds. The number of hydrogen-bond acceptors (Lipinski definition) is 7. The van der Waals surface area contributed by atoms with Crippen LogP contribution in [0, 0.1) is 12.8 Å². The lowest BCUT2D eigenvalue weighted by molar-refractivity contribution is -0.122. The molecule has 2 aliphatic rings. The molecule has 2 fully saturated rings. The van der Waals surface area contributed by atoms with E-state index in [4.69, 9.17) is 17.2 Å². The SMILES string of the molecule is Cc1ccc2nc(N3CCN(C)CC3)c(C=C3SC(=S)N(CC(C)C)C3=O)c(=O)n2c1. The zero-order chi connectivity index (χ0) is 22.3. The van der Waals surface area contributed by atoms with Gasteiger partial charge < -0.3 is 9.80 Å². The normalized spacial score (nSPS) is 19.5. The van der Waals surface area contributed by atoms with E-state index in [-0.39, 0.29) is 11.5 Å². The second-order valence-electron chi connectivity index (χ2n) is 8.57. The second kappa shape index (κ2) is 8.72. The number of aryl methyl sites for hydroxylation is 1. The monoisotopic (exact) mass is 457 g/mol. The standard InChI is InChI=1S/C22H27N5O2S2/c1-14(2)12-27-21(29)17(31-22(27)30)11-16-19(25-9-7-24(4)8-10-25)23-18-6-5-15(3)13-26(18)20(16)28/h5-6,11,13-14H,7-10,12H2,1-4H3. The Bertz CT molecular complexity index is 1130. The van der Waals surface area contributed by atoms with E-state index < -0.39 is 0 Å². The zero-order valence-corrected chi connectivity index (χ0v) is 19.9. The van der Waals surface area contributed by atoms with Gasteiger partial charge in [0, 0.05) is 38.9 Å². The molecule has 0 aromatic carbocycles. The van der Waals surface area contributed by atoms with Crippen LogP contribution in [0.3, 0.4) is 0 Å². The van der Waals surface area contributed by atoms with Crippen LogP contribution in [0.2, 0.25) is 0 Å². The van der Waals surface area contributed by atoms with Crippen molar-refractivity contribution in [1.82, 2.24) is 19.2 Å². The van der Waals surface area contributed by atoms with Crippen molar-refractivity contribution in [2.75, 3.05) is 44.7 Å². The predicted molar refractivity (Wildman–Crippen MR) is 131 cm³/mol. The number of likely N-dealkylation sites (N-methyl/N-ethyl adjacent to an activating group) is 1. The van der Waals surface area contributed by atoms with Crippen LogP contribution in [0.1, 0.15) is 25.0 Å². The quantitative estimate of drug-likeness (QED) is 0.517. The van der Waals surface area contributed by atoms with Crippen LogP contribution in [0.25, 0.3) is 11.7 Å². The molecule has 0 unspecified atom stereocenters. The fraction of sp³-hybridized carbons (Fsp3) is 0.455. The average molecular weight is 458 g/mol. The highest BCUT2D eigenvalue weighted by Gasteiger charge is 2.33. The minimum absolute atomic E-state index is 0.137. The molecule has 2 aromatic heterocycles. The van der Waals surface area contributed by atoms with E-state index in [9.17, 15) is 9.59 Å². The van der Waals surface area contributed by atoms with Gasteiger partial charge in [-0.25, -0.2) is 4.98 Å². The number of hydrogen-bond donors (Lipinski definition) is 0. The van der Waals surface area contributed by atoms with E-state index >= 15 is 0 Å². The number of aromatic nitrogens is 2. The summed E-state index contributed by atoms with van der Waals surface area (Å²) < 4.78 is 2.10. The Morgan fingerprint density at radius 1 is 1.19 bits per heavy atom. The molecule has 31 heavy (non-hydrogen) atoms. The van der Waals surface area contributed by atoms with Gasteiger partial charge in [-0.3, -0.25) is 18.9 Å². The topological polar surface area (TPSA) is 61.2 Å². The number of pyridine rings is 1. The molecule has 0 bridgehead atoms. The molecule has 0 saturated carbocycles. The number of piperazine rings is 1. The maximum atomic E-state index is 13.5. The highest BCUT2D eigenvalue weighted by atomic mass is 32.2. The van der Waals surface area contributed by atoms with Gasteiger partial charge in [0.15, 0.2) is 0 Å². The molecule has 2 saturated heterocycles. The molecular weight excluding hydrogens is 430 g/mol. The van der Waals surface area contributed by atoms with Gasteiger partial charge in [-0.05, 0) is 37.6 Å². The Balaban J connectivity index is 1.84. The molecule has 4 rings (SSSR count). The highest BCUT2D eigenvalue weighted by Crippen LogP contribution is 2.34. The summed E-state index contributed by atoms with van der Waals surface area (Å²) in [6.45, 7) is 9.96. The van der Waals surface area contributed by atoms with Crippen molar-refractivity contribution in [3.05, 3.63) is 44.7 Å². The minimum Gasteiger partial charge on any atom is -0.353 e. The first kappa shape index (κ1) is 22.0. The lowest BCUT2D eigenvalue weighted by atomic mass is 10.2. The van der Waals surface area contributed by atoms with Crippen molar-refractivity contribution >= 4 is 51.7 Å². The van der Waals surface area contributed by atoms with E-state index in [2.05, 4.69) is 30.7 Å². The number of fused-ring (bicyclic) bond motifs is 1. The molecule has 4 heterocycles. The third kappa shape index (κ3) is 4.40. The van der Waals surface area contributed by atoms with Crippen molar-refractivity contribution in [3.63, 3.8) is 0 Å². The maximum absolute atomic E-state index is 13.5. The van der Waals surface area contributed by atoms with Gasteiger partial charge >= 0.3 is 0 Å².